The summed E-state index contributed by atoms with van der Waals surface area (Å²) in [6.07, 6.45) is 2.94. The standard InChI is InChI=1S/C11H16BrClN2/c1-3-5-15(4-2)11-9(7-13)6-10(12)8-14-11/h6,8H,3-5,7H2,1-2H3. The number of anilines is 1. The first-order chi connectivity index (χ1) is 7.22. The van der Waals surface area contributed by atoms with Gasteiger partial charge in [-0.1, -0.05) is 6.92 Å². The van der Waals surface area contributed by atoms with Crippen LogP contribution in [0.4, 0.5) is 5.82 Å². The molecule has 4 heteroatoms. The van der Waals surface area contributed by atoms with Gasteiger partial charge in [-0.15, -0.1) is 11.6 Å². The average molecular weight is 292 g/mol. The number of aromatic nitrogens is 1. The number of alkyl halides is 1. The third-order valence-corrected chi connectivity index (χ3v) is 2.95. The smallest absolute Gasteiger partial charge is 0.133 e. The minimum Gasteiger partial charge on any atom is -0.357 e. The van der Waals surface area contributed by atoms with Gasteiger partial charge in [-0.05, 0) is 35.3 Å². The van der Waals surface area contributed by atoms with Crippen molar-refractivity contribution in [3.8, 4) is 0 Å². The fourth-order valence-corrected chi connectivity index (χ4v) is 2.12. The van der Waals surface area contributed by atoms with Gasteiger partial charge in [0.2, 0.25) is 0 Å². The van der Waals surface area contributed by atoms with Gasteiger partial charge in [0.25, 0.3) is 0 Å². The van der Waals surface area contributed by atoms with Crippen molar-refractivity contribution in [2.24, 2.45) is 0 Å². The molecule has 0 N–H and O–H groups in total. The Balaban J connectivity index is 2.99. The molecule has 84 valence electrons. The van der Waals surface area contributed by atoms with Crippen LogP contribution in [0.2, 0.25) is 0 Å². The van der Waals surface area contributed by atoms with Crippen LogP contribution >= 0.6 is 27.5 Å². The third-order valence-electron chi connectivity index (χ3n) is 2.23. The summed E-state index contributed by atoms with van der Waals surface area (Å²) in [6.45, 7) is 6.29. The van der Waals surface area contributed by atoms with Crippen molar-refractivity contribution in [1.29, 1.82) is 0 Å². The van der Waals surface area contributed by atoms with Crippen LogP contribution in [0, 0.1) is 0 Å². The van der Waals surface area contributed by atoms with Gasteiger partial charge in [0.15, 0.2) is 0 Å². The summed E-state index contributed by atoms with van der Waals surface area (Å²) in [5.41, 5.74) is 1.08. The fourth-order valence-electron chi connectivity index (χ4n) is 1.54. The minimum atomic E-state index is 0.502. The number of rotatable bonds is 5. The Bertz CT molecular complexity index is 317. The van der Waals surface area contributed by atoms with Crippen LogP contribution in [0.1, 0.15) is 25.8 Å². The summed E-state index contributed by atoms with van der Waals surface area (Å²) in [7, 11) is 0. The van der Waals surface area contributed by atoms with E-state index in [-0.39, 0.29) is 0 Å². The van der Waals surface area contributed by atoms with Crippen molar-refractivity contribution in [2.75, 3.05) is 18.0 Å². The maximum atomic E-state index is 5.92. The van der Waals surface area contributed by atoms with Crippen LogP contribution in [-0.4, -0.2) is 18.1 Å². The lowest BCUT2D eigenvalue weighted by Crippen LogP contribution is -2.25. The Morgan fingerprint density at radius 3 is 2.73 bits per heavy atom. The van der Waals surface area contributed by atoms with Gasteiger partial charge < -0.3 is 4.90 Å². The highest BCUT2D eigenvalue weighted by atomic mass is 79.9. The monoisotopic (exact) mass is 290 g/mol. The first-order valence-corrected chi connectivity index (χ1v) is 6.51. The molecule has 0 atom stereocenters. The number of nitrogens with zero attached hydrogens (tertiary/aromatic N) is 2. The van der Waals surface area contributed by atoms with Crippen LogP contribution in [-0.2, 0) is 5.88 Å². The van der Waals surface area contributed by atoms with Gasteiger partial charge in [0.05, 0.1) is 5.88 Å². The Morgan fingerprint density at radius 1 is 1.47 bits per heavy atom. The molecule has 15 heavy (non-hydrogen) atoms. The van der Waals surface area contributed by atoms with Gasteiger partial charge in [-0.3, -0.25) is 0 Å². The average Bonchev–Trinajstić information content (AvgIpc) is 2.26. The van der Waals surface area contributed by atoms with Crippen molar-refractivity contribution in [1.82, 2.24) is 4.98 Å². The SMILES string of the molecule is CCCN(CC)c1ncc(Br)cc1CCl. The number of pyridine rings is 1. The molecule has 0 aromatic carbocycles. The lowest BCUT2D eigenvalue weighted by molar-refractivity contribution is 0.774. The normalized spacial score (nSPS) is 10.4. The van der Waals surface area contributed by atoms with Crippen molar-refractivity contribution in [3.05, 3.63) is 22.3 Å². The predicted molar refractivity (Wildman–Crippen MR) is 69.7 cm³/mol. The number of halogens is 2. The Hall–Kier alpha value is -0.280. The summed E-state index contributed by atoms with van der Waals surface area (Å²) >= 11 is 9.33. The Labute approximate surface area is 105 Å². The van der Waals surface area contributed by atoms with Crippen molar-refractivity contribution >= 4 is 33.3 Å². The number of hydrogen-bond donors (Lipinski definition) is 0. The molecule has 0 bridgehead atoms. The van der Waals surface area contributed by atoms with E-state index in [9.17, 15) is 0 Å². The van der Waals surface area contributed by atoms with Gasteiger partial charge >= 0.3 is 0 Å². The molecule has 1 aromatic heterocycles. The summed E-state index contributed by atoms with van der Waals surface area (Å²) in [6, 6.07) is 2.04. The zero-order valence-electron chi connectivity index (χ0n) is 9.13. The summed E-state index contributed by atoms with van der Waals surface area (Å²) in [4.78, 5) is 6.69. The molecule has 2 nitrogen and oxygen atoms in total. The van der Waals surface area contributed by atoms with E-state index in [0.29, 0.717) is 5.88 Å². The summed E-state index contributed by atoms with van der Waals surface area (Å²) in [5, 5.41) is 0. The second-order valence-electron chi connectivity index (χ2n) is 3.35. The maximum Gasteiger partial charge on any atom is 0.133 e. The van der Waals surface area contributed by atoms with E-state index in [1.165, 1.54) is 0 Å². The molecule has 0 spiro atoms. The molecular weight excluding hydrogens is 275 g/mol. The molecule has 0 amide bonds. The summed E-state index contributed by atoms with van der Waals surface area (Å²) in [5.74, 6) is 1.51. The van der Waals surface area contributed by atoms with E-state index in [4.69, 9.17) is 11.6 Å². The van der Waals surface area contributed by atoms with Gasteiger partial charge in [-0.2, -0.15) is 0 Å². The third kappa shape index (κ3) is 3.35. The molecule has 0 saturated carbocycles. The fraction of sp³-hybridized carbons (Fsp3) is 0.545. The van der Waals surface area contributed by atoms with E-state index in [2.05, 4.69) is 39.7 Å². The van der Waals surface area contributed by atoms with E-state index in [1.54, 1.807) is 0 Å². The molecule has 0 fully saturated rings. The lowest BCUT2D eigenvalue weighted by Gasteiger charge is -2.23. The first-order valence-electron chi connectivity index (χ1n) is 5.18. The van der Waals surface area contributed by atoms with Crippen molar-refractivity contribution in [2.45, 2.75) is 26.1 Å². The molecule has 0 aliphatic carbocycles. The lowest BCUT2D eigenvalue weighted by atomic mass is 10.2. The molecule has 0 aliphatic heterocycles. The molecule has 1 rings (SSSR count). The summed E-state index contributed by atoms with van der Waals surface area (Å²) < 4.78 is 0.981. The van der Waals surface area contributed by atoms with Crippen LogP contribution in [0.15, 0.2) is 16.7 Å². The van der Waals surface area contributed by atoms with Crippen LogP contribution < -0.4 is 4.90 Å². The highest BCUT2D eigenvalue weighted by Crippen LogP contribution is 2.23. The van der Waals surface area contributed by atoms with E-state index in [0.717, 1.165) is 35.4 Å². The zero-order chi connectivity index (χ0) is 11.3. The molecule has 1 heterocycles. The van der Waals surface area contributed by atoms with Gasteiger partial charge in [0.1, 0.15) is 5.82 Å². The van der Waals surface area contributed by atoms with Crippen molar-refractivity contribution in [3.63, 3.8) is 0 Å². The van der Waals surface area contributed by atoms with E-state index in [1.807, 2.05) is 12.3 Å². The highest BCUT2D eigenvalue weighted by Gasteiger charge is 2.10. The van der Waals surface area contributed by atoms with Crippen LogP contribution in [0.25, 0.3) is 0 Å². The highest BCUT2D eigenvalue weighted by molar-refractivity contribution is 9.10. The van der Waals surface area contributed by atoms with Gasteiger partial charge in [-0.25, -0.2) is 4.98 Å². The zero-order valence-corrected chi connectivity index (χ0v) is 11.5. The van der Waals surface area contributed by atoms with E-state index < -0.39 is 0 Å². The topological polar surface area (TPSA) is 16.1 Å². The van der Waals surface area contributed by atoms with Crippen LogP contribution in [0.3, 0.4) is 0 Å². The van der Waals surface area contributed by atoms with Crippen molar-refractivity contribution < 1.29 is 0 Å². The van der Waals surface area contributed by atoms with Gasteiger partial charge in [0, 0.05) is 29.3 Å². The molecule has 1 aromatic rings. The Morgan fingerprint density at radius 2 is 2.20 bits per heavy atom. The second kappa shape index (κ2) is 6.33. The molecule has 0 saturated heterocycles. The Kier molecular flexibility index (Phi) is 5.40. The molecule has 0 unspecified atom stereocenters. The largest absolute Gasteiger partial charge is 0.357 e. The molecular formula is C11H16BrClN2. The second-order valence-corrected chi connectivity index (χ2v) is 4.53. The molecule has 0 aliphatic rings. The minimum absolute atomic E-state index is 0.502. The maximum absolute atomic E-state index is 5.92. The molecule has 0 radical (unpaired) electrons. The first kappa shape index (κ1) is 12.8. The van der Waals surface area contributed by atoms with Crippen LogP contribution in [0.5, 0.6) is 0 Å². The quantitative estimate of drug-likeness (QED) is 0.767. The predicted octanol–water partition coefficient (Wildman–Crippen LogP) is 3.82. The number of hydrogen-bond acceptors (Lipinski definition) is 2. The van der Waals surface area contributed by atoms with E-state index >= 15 is 0 Å².